The molecule has 4 rings (SSSR count). The second-order valence-electron chi connectivity index (χ2n) is 9.39. The minimum atomic E-state index is -0.861. The zero-order valence-corrected chi connectivity index (χ0v) is 20.4. The van der Waals surface area contributed by atoms with Crippen LogP contribution in [-0.2, 0) is 22.7 Å². The number of carbonyl (C=O) groups is 3. The van der Waals surface area contributed by atoms with E-state index in [1.165, 1.54) is 9.47 Å². The summed E-state index contributed by atoms with van der Waals surface area (Å²) < 4.78 is 1.26. The Bertz CT molecular complexity index is 1260. The molecule has 1 aliphatic heterocycles. The maximum Gasteiger partial charge on any atom is 0.330 e. The number of hydrogen-bond acceptors (Lipinski definition) is 6. The van der Waals surface area contributed by atoms with Crippen molar-refractivity contribution in [2.24, 2.45) is 0 Å². The van der Waals surface area contributed by atoms with Crippen molar-refractivity contribution in [1.82, 2.24) is 19.8 Å². The Morgan fingerprint density at radius 1 is 1.08 bits per heavy atom. The number of H-pyrrole nitrogens is 1. The SMILES string of the molecule is CCCCn1c(N)c(N(Cc2ccccc2)C(=O)CCN2C(=O)NC3(CCCC3)C2=O)c(=O)[nH]c1=O. The first-order valence-electron chi connectivity index (χ1n) is 12.4. The lowest BCUT2D eigenvalue weighted by molar-refractivity contribution is -0.131. The van der Waals surface area contributed by atoms with Gasteiger partial charge in [0.1, 0.15) is 11.4 Å². The third-order valence-electron chi connectivity index (χ3n) is 6.96. The highest BCUT2D eigenvalue weighted by molar-refractivity contribution is 6.07. The standard InChI is InChI=1S/C25H32N6O5/c1-2-3-14-29-20(26)19(21(33)27-23(29)35)31(16-17-9-5-4-6-10-17)18(32)11-15-30-22(34)25(28-24(30)36)12-7-8-13-25/h4-6,9-10H,2-3,7-8,11-16,26H2,1H3,(H,28,36)(H,27,33,35). The molecule has 1 saturated heterocycles. The Morgan fingerprint density at radius 2 is 1.78 bits per heavy atom. The minimum absolute atomic E-state index is 0.0308. The summed E-state index contributed by atoms with van der Waals surface area (Å²) in [6.45, 7) is 2.17. The van der Waals surface area contributed by atoms with E-state index in [0.29, 0.717) is 25.8 Å². The fraction of sp³-hybridized carbons (Fsp3) is 0.480. The fourth-order valence-corrected chi connectivity index (χ4v) is 4.97. The molecule has 0 atom stereocenters. The maximum atomic E-state index is 13.5. The Morgan fingerprint density at radius 3 is 2.44 bits per heavy atom. The first kappa shape index (κ1) is 25.2. The lowest BCUT2D eigenvalue weighted by atomic mass is 9.98. The normalized spacial score (nSPS) is 16.5. The molecule has 4 amide bonds. The lowest BCUT2D eigenvalue weighted by Crippen LogP contribution is -2.44. The Balaban J connectivity index is 1.63. The molecule has 192 valence electrons. The van der Waals surface area contributed by atoms with Gasteiger partial charge in [-0.2, -0.15) is 0 Å². The molecule has 36 heavy (non-hydrogen) atoms. The summed E-state index contributed by atoms with van der Waals surface area (Å²) in [6, 6.07) is 8.55. The minimum Gasteiger partial charge on any atom is -0.383 e. The number of benzene rings is 1. The summed E-state index contributed by atoms with van der Waals surface area (Å²) in [5, 5.41) is 2.80. The van der Waals surface area contributed by atoms with E-state index in [2.05, 4.69) is 10.3 Å². The molecular formula is C25H32N6O5. The van der Waals surface area contributed by atoms with Crippen molar-refractivity contribution in [3.63, 3.8) is 0 Å². The zero-order chi connectivity index (χ0) is 25.9. The van der Waals surface area contributed by atoms with E-state index < -0.39 is 28.7 Å². The molecule has 2 heterocycles. The van der Waals surface area contributed by atoms with Crippen molar-refractivity contribution in [1.29, 1.82) is 0 Å². The number of nitrogens with one attached hydrogen (secondary N) is 2. The number of amides is 4. The molecule has 11 heteroatoms. The molecule has 2 fully saturated rings. The van der Waals surface area contributed by atoms with Crippen molar-refractivity contribution in [2.45, 2.75) is 70.5 Å². The molecule has 1 saturated carbocycles. The molecule has 1 aromatic carbocycles. The number of imide groups is 1. The molecule has 0 radical (unpaired) electrons. The van der Waals surface area contributed by atoms with Gasteiger partial charge in [0.2, 0.25) is 5.91 Å². The van der Waals surface area contributed by atoms with E-state index in [1.54, 1.807) is 12.1 Å². The highest BCUT2D eigenvalue weighted by Crippen LogP contribution is 2.35. The number of hydrogen-bond donors (Lipinski definition) is 3. The number of nitrogens with two attached hydrogens (primary N) is 1. The van der Waals surface area contributed by atoms with Gasteiger partial charge >= 0.3 is 11.7 Å². The molecule has 0 unspecified atom stereocenters. The summed E-state index contributed by atoms with van der Waals surface area (Å²) >= 11 is 0. The Labute approximate surface area is 208 Å². The largest absolute Gasteiger partial charge is 0.383 e. The van der Waals surface area contributed by atoms with Crippen LogP contribution in [0.1, 0.15) is 57.4 Å². The van der Waals surface area contributed by atoms with E-state index in [-0.39, 0.29) is 36.9 Å². The van der Waals surface area contributed by atoms with E-state index in [0.717, 1.165) is 29.7 Å². The summed E-state index contributed by atoms with van der Waals surface area (Å²) in [5.41, 5.74) is 4.64. The number of nitrogens with zero attached hydrogens (tertiary/aromatic N) is 3. The fourth-order valence-electron chi connectivity index (χ4n) is 4.97. The van der Waals surface area contributed by atoms with Gasteiger partial charge in [-0.15, -0.1) is 0 Å². The van der Waals surface area contributed by atoms with Crippen molar-refractivity contribution in [2.75, 3.05) is 17.2 Å². The first-order chi connectivity index (χ1) is 17.3. The molecule has 2 aliphatic rings. The highest BCUT2D eigenvalue weighted by Gasteiger charge is 2.52. The number of anilines is 2. The molecule has 11 nitrogen and oxygen atoms in total. The number of aromatic amines is 1. The van der Waals surface area contributed by atoms with Gasteiger partial charge in [-0.25, -0.2) is 9.59 Å². The first-order valence-corrected chi connectivity index (χ1v) is 12.4. The topological polar surface area (TPSA) is 151 Å². The molecule has 1 spiro atoms. The van der Waals surface area contributed by atoms with Crippen LogP contribution in [0, 0.1) is 0 Å². The van der Waals surface area contributed by atoms with Crippen molar-refractivity contribution >= 4 is 29.4 Å². The van der Waals surface area contributed by atoms with Crippen LogP contribution in [0.15, 0.2) is 39.9 Å². The molecular weight excluding hydrogens is 464 g/mol. The monoisotopic (exact) mass is 496 g/mol. The van der Waals surface area contributed by atoms with Crippen molar-refractivity contribution in [3.8, 4) is 0 Å². The van der Waals surface area contributed by atoms with Crippen LogP contribution in [0.3, 0.4) is 0 Å². The van der Waals surface area contributed by atoms with Gasteiger partial charge in [-0.1, -0.05) is 56.5 Å². The number of urea groups is 1. The summed E-state index contributed by atoms with van der Waals surface area (Å²) in [7, 11) is 0. The van der Waals surface area contributed by atoms with Crippen LogP contribution in [0.2, 0.25) is 0 Å². The molecule has 4 N–H and O–H groups in total. The quantitative estimate of drug-likeness (QED) is 0.450. The van der Waals surface area contributed by atoms with Crippen LogP contribution < -0.4 is 27.2 Å². The van der Waals surface area contributed by atoms with E-state index in [9.17, 15) is 24.0 Å². The summed E-state index contributed by atoms with van der Waals surface area (Å²) in [4.78, 5) is 68.9. The van der Waals surface area contributed by atoms with Crippen molar-refractivity contribution in [3.05, 3.63) is 56.7 Å². The van der Waals surface area contributed by atoms with Crippen molar-refractivity contribution < 1.29 is 14.4 Å². The highest BCUT2D eigenvalue weighted by atomic mass is 16.2. The predicted octanol–water partition coefficient (Wildman–Crippen LogP) is 1.71. The number of rotatable bonds is 9. The predicted molar refractivity (Wildman–Crippen MR) is 134 cm³/mol. The van der Waals surface area contributed by atoms with E-state index in [4.69, 9.17) is 5.73 Å². The molecule has 1 aromatic heterocycles. The van der Waals surface area contributed by atoms with Crippen LogP contribution in [-0.4, -0.2) is 44.4 Å². The Kier molecular flexibility index (Phi) is 7.27. The van der Waals surface area contributed by atoms with Gasteiger partial charge in [-0.05, 0) is 24.8 Å². The third-order valence-corrected chi connectivity index (χ3v) is 6.96. The third kappa shape index (κ3) is 4.77. The van der Waals surface area contributed by atoms with Gasteiger partial charge in [0, 0.05) is 19.5 Å². The Hall–Kier alpha value is -3.89. The lowest BCUT2D eigenvalue weighted by Gasteiger charge is -2.25. The van der Waals surface area contributed by atoms with Crippen LogP contribution >= 0.6 is 0 Å². The summed E-state index contributed by atoms with van der Waals surface area (Å²) in [5.74, 6) is -0.899. The zero-order valence-electron chi connectivity index (χ0n) is 20.4. The summed E-state index contributed by atoms with van der Waals surface area (Å²) in [6.07, 6.45) is 4.17. The molecule has 1 aliphatic carbocycles. The van der Waals surface area contributed by atoms with Crippen LogP contribution in [0.4, 0.5) is 16.3 Å². The van der Waals surface area contributed by atoms with Crippen LogP contribution in [0.5, 0.6) is 0 Å². The molecule has 0 bridgehead atoms. The second kappa shape index (κ2) is 10.4. The van der Waals surface area contributed by atoms with Gasteiger partial charge in [0.05, 0.1) is 6.54 Å². The number of aromatic nitrogens is 2. The van der Waals surface area contributed by atoms with Gasteiger partial charge in [0.15, 0.2) is 5.69 Å². The second-order valence-corrected chi connectivity index (χ2v) is 9.39. The average molecular weight is 497 g/mol. The van der Waals surface area contributed by atoms with E-state index >= 15 is 0 Å². The molecule has 2 aromatic rings. The average Bonchev–Trinajstić information content (AvgIpc) is 3.41. The van der Waals surface area contributed by atoms with E-state index in [1.807, 2.05) is 25.1 Å². The van der Waals surface area contributed by atoms with Crippen LogP contribution in [0.25, 0.3) is 0 Å². The number of nitrogen functional groups attached to an aromatic ring is 1. The maximum absolute atomic E-state index is 13.5. The van der Waals surface area contributed by atoms with Gasteiger partial charge in [-0.3, -0.25) is 28.8 Å². The number of carbonyl (C=O) groups excluding carboxylic acids is 3. The number of unbranched alkanes of at least 4 members (excludes halogenated alkanes) is 1. The smallest absolute Gasteiger partial charge is 0.330 e. The van der Waals surface area contributed by atoms with Gasteiger partial charge < -0.3 is 16.0 Å². The van der Waals surface area contributed by atoms with Gasteiger partial charge in [0.25, 0.3) is 11.5 Å².